The monoisotopic (exact) mass is 421 g/mol. The van der Waals surface area contributed by atoms with Gasteiger partial charge in [-0.05, 0) is 56.6 Å². The first-order valence-electron chi connectivity index (χ1n) is 10.2. The molecular weight excluding hydrogens is 398 g/mol. The van der Waals surface area contributed by atoms with Gasteiger partial charge in [0.05, 0.1) is 23.9 Å². The Kier molecular flexibility index (Phi) is 4.22. The van der Waals surface area contributed by atoms with Gasteiger partial charge in [0.1, 0.15) is 17.6 Å². The minimum atomic E-state index is -1.10. The number of carbonyl (C=O) groups excluding carboxylic acids is 1. The number of nitrogens with one attached hydrogen (secondary N) is 1. The number of ketones is 1. The van der Waals surface area contributed by atoms with Crippen LogP contribution in [0.4, 0.5) is 5.82 Å². The van der Waals surface area contributed by atoms with Crippen molar-refractivity contribution in [2.24, 2.45) is 11.3 Å². The highest BCUT2D eigenvalue weighted by molar-refractivity contribution is 5.88. The number of hydrogen-bond donors (Lipinski definition) is 3. The van der Waals surface area contributed by atoms with E-state index >= 15 is 0 Å². The maximum absolute atomic E-state index is 12.2. The Morgan fingerprint density at radius 1 is 1.32 bits per heavy atom. The molecule has 9 nitrogen and oxygen atoms in total. The van der Waals surface area contributed by atoms with Crippen LogP contribution in [0.1, 0.15) is 42.3 Å². The van der Waals surface area contributed by atoms with Crippen LogP contribution in [0.25, 0.3) is 11.2 Å². The maximum Gasteiger partial charge on any atom is 0.209 e. The summed E-state index contributed by atoms with van der Waals surface area (Å²) in [6.45, 7) is 5.29. The van der Waals surface area contributed by atoms with Crippen molar-refractivity contribution in [2.45, 2.75) is 45.4 Å². The van der Waals surface area contributed by atoms with Gasteiger partial charge in [-0.3, -0.25) is 4.79 Å². The van der Waals surface area contributed by atoms with E-state index in [1.54, 1.807) is 17.9 Å². The average molecular weight is 421 g/mol. The van der Waals surface area contributed by atoms with Crippen molar-refractivity contribution in [3.05, 3.63) is 35.3 Å². The molecule has 0 amide bonds. The smallest absolute Gasteiger partial charge is 0.209 e. The molecule has 9 heteroatoms. The standard InChI is InChI=1S/C22H23N5O4/c1-10-7-13(31-11(10)2)5-6-15-25-20(23-4)16-21(26-15)27(9-24-16)17-14-8-22(14,12(3)28)19(30)18(17)29/h7,9,14,17-19,29-30H,8H2,1-4H3,(H,23,25,26)/t14?,17-,18+,19?,22+/m1/s1. The summed E-state index contributed by atoms with van der Waals surface area (Å²) in [6, 6.07) is 1.36. The molecule has 0 aromatic carbocycles. The number of rotatable bonds is 3. The first-order chi connectivity index (χ1) is 14.8. The molecule has 3 aromatic heterocycles. The van der Waals surface area contributed by atoms with Gasteiger partial charge in [0.25, 0.3) is 0 Å². The Bertz CT molecular complexity index is 1260. The minimum absolute atomic E-state index is 0.0999. The highest BCUT2D eigenvalue weighted by Crippen LogP contribution is 2.68. The number of aliphatic hydroxyl groups is 2. The quantitative estimate of drug-likeness (QED) is 0.541. The molecule has 2 aliphatic carbocycles. The van der Waals surface area contributed by atoms with Crippen LogP contribution in [0.15, 0.2) is 16.8 Å². The predicted molar refractivity (Wildman–Crippen MR) is 111 cm³/mol. The molecule has 0 bridgehead atoms. The third-order valence-corrected chi connectivity index (χ3v) is 6.77. The number of imidazole rings is 1. The van der Waals surface area contributed by atoms with Crippen molar-refractivity contribution in [1.82, 2.24) is 19.5 Å². The van der Waals surface area contributed by atoms with Crippen LogP contribution in [0, 0.1) is 37.0 Å². The molecule has 3 N–H and O–H groups in total. The van der Waals surface area contributed by atoms with E-state index in [9.17, 15) is 15.0 Å². The van der Waals surface area contributed by atoms with Crippen LogP contribution in [-0.2, 0) is 4.79 Å². The zero-order valence-electron chi connectivity index (χ0n) is 17.7. The van der Waals surface area contributed by atoms with Crippen molar-refractivity contribution < 1.29 is 19.4 Å². The second-order valence-corrected chi connectivity index (χ2v) is 8.40. The lowest BCUT2D eigenvalue weighted by atomic mass is 9.95. The number of aryl methyl sites for hydroxylation is 2. The number of hydrogen-bond acceptors (Lipinski definition) is 8. The van der Waals surface area contributed by atoms with Crippen LogP contribution in [0.2, 0.25) is 0 Å². The fourth-order valence-electron chi connectivity index (χ4n) is 4.89. The predicted octanol–water partition coefficient (Wildman–Crippen LogP) is 1.35. The zero-order valence-corrected chi connectivity index (χ0v) is 17.7. The van der Waals surface area contributed by atoms with E-state index in [2.05, 4.69) is 32.1 Å². The van der Waals surface area contributed by atoms with Crippen molar-refractivity contribution in [2.75, 3.05) is 12.4 Å². The number of Topliss-reactive ketones (excluding diaryl/α,β-unsaturated/α-hetero) is 1. The number of anilines is 1. The normalized spacial score (nSPS) is 28.8. The van der Waals surface area contributed by atoms with Crippen LogP contribution < -0.4 is 5.32 Å². The number of nitrogens with zero attached hydrogens (tertiary/aromatic N) is 4. The third kappa shape index (κ3) is 2.72. The molecule has 3 heterocycles. The molecule has 5 rings (SSSR count). The van der Waals surface area contributed by atoms with E-state index in [0.29, 0.717) is 29.2 Å². The fourth-order valence-corrected chi connectivity index (χ4v) is 4.89. The lowest BCUT2D eigenvalue weighted by molar-refractivity contribution is -0.128. The lowest BCUT2D eigenvalue weighted by Gasteiger charge is -2.23. The summed E-state index contributed by atoms with van der Waals surface area (Å²) in [7, 11) is 1.73. The molecular formula is C22H23N5O4. The molecule has 0 radical (unpaired) electrons. The molecule has 2 aliphatic rings. The van der Waals surface area contributed by atoms with Crippen LogP contribution in [0.5, 0.6) is 0 Å². The van der Waals surface area contributed by atoms with Gasteiger partial charge in [-0.25, -0.2) is 15.0 Å². The van der Waals surface area contributed by atoms with Crippen LogP contribution in [0.3, 0.4) is 0 Å². The summed E-state index contributed by atoms with van der Waals surface area (Å²) in [5.41, 5.74) is 1.15. The van der Waals surface area contributed by atoms with E-state index in [4.69, 9.17) is 4.42 Å². The number of fused-ring (bicyclic) bond motifs is 2. The third-order valence-electron chi connectivity index (χ3n) is 6.77. The second-order valence-electron chi connectivity index (χ2n) is 8.40. The number of furan rings is 1. The summed E-state index contributed by atoms with van der Waals surface area (Å²) in [5.74, 6) is 7.71. The minimum Gasteiger partial charge on any atom is -0.453 e. The van der Waals surface area contributed by atoms with Crippen molar-refractivity contribution in [3.63, 3.8) is 0 Å². The number of carbonyl (C=O) groups is 1. The molecule has 5 atom stereocenters. The van der Waals surface area contributed by atoms with Crippen LogP contribution >= 0.6 is 0 Å². The average Bonchev–Trinajstić information content (AvgIpc) is 3.12. The highest BCUT2D eigenvalue weighted by Gasteiger charge is 2.74. The molecule has 0 spiro atoms. The molecule has 2 unspecified atom stereocenters. The van der Waals surface area contributed by atoms with Crippen molar-refractivity contribution >= 4 is 22.8 Å². The Morgan fingerprint density at radius 2 is 2.10 bits per heavy atom. The summed E-state index contributed by atoms with van der Waals surface area (Å²) < 4.78 is 7.33. The summed E-state index contributed by atoms with van der Waals surface area (Å²) >= 11 is 0. The van der Waals surface area contributed by atoms with Gasteiger partial charge >= 0.3 is 0 Å². The van der Waals surface area contributed by atoms with Crippen molar-refractivity contribution in [1.29, 1.82) is 0 Å². The lowest BCUT2D eigenvalue weighted by Crippen LogP contribution is -2.36. The molecule has 160 valence electrons. The second kappa shape index (κ2) is 6.64. The van der Waals surface area contributed by atoms with Gasteiger partial charge in [0.2, 0.25) is 5.82 Å². The topological polar surface area (TPSA) is 126 Å². The fraction of sp³-hybridized carbons (Fsp3) is 0.455. The highest BCUT2D eigenvalue weighted by atomic mass is 16.3. The zero-order chi connectivity index (χ0) is 22.1. The van der Waals surface area contributed by atoms with Gasteiger partial charge < -0.3 is 24.5 Å². The molecule has 0 saturated heterocycles. The van der Waals surface area contributed by atoms with Gasteiger partial charge in [-0.15, -0.1) is 0 Å². The molecule has 2 saturated carbocycles. The first-order valence-corrected chi connectivity index (χ1v) is 10.2. The van der Waals surface area contributed by atoms with E-state index in [1.165, 1.54) is 6.92 Å². The van der Waals surface area contributed by atoms with Gasteiger partial charge in [0, 0.05) is 7.05 Å². The number of aromatic nitrogens is 4. The summed E-state index contributed by atoms with van der Waals surface area (Å²) in [4.78, 5) is 25.6. The van der Waals surface area contributed by atoms with E-state index < -0.39 is 23.7 Å². The Hall–Kier alpha value is -3.22. The van der Waals surface area contributed by atoms with Gasteiger partial charge in [0.15, 0.2) is 22.7 Å². The summed E-state index contributed by atoms with van der Waals surface area (Å²) in [6.07, 6.45) is -0.0748. The first kappa shape index (κ1) is 19.7. The molecule has 3 aromatic rings. The van der Waals surface area contributed by atoms with Crippen LogP contribution in [-0.4, -0.2) is 54.8 Å². The largest absolute Gasteiger partial charge is 0.453 e. The van der Waals surface area contributed by atoms with E-state index in [-0.39, 0.29) is 17.5 Å². The SMILES string of the molecule is CNc1nc(C#Cc2cc(C)c(C)o2)nc2c1ncn2[C@@H]1C2C[C@@]2(C(C)=O)C(O)[C@H]1O. The Morgan fingerprint density at radius 3 is 2.71 bits per heavy atom. The molecule has 2 fully saturated rings. The Labute approximate surface area is 178 Å². The van der Waals surface area contributed by atoms with Crippen molar-refractivity contribution in [3.8, 4) is 11.8 Å². The summed E-state index contributed by atoms with van der Waals surface area (Å²) in [5, 5.41) is 24.3. The van der Waals surface area contributed by atoms with Gasteiger partial charge in [-0.1, -0.05) is 0 Å². The Balaban J connectivity index is 1.59. The maximum atomic E-state index is 12.2. The van der Waals surface area contributed by atoms with E-state index in [1.807, 2.05) is 19.9 Å². The molecule has 0 aliphatic heterocycles. The number of aliphatic hydroxyl groups excluding tert-OH is 2. The molecule has 31 heavy (non-hydrogen) atoms. The van der Waals surface area contributed by atoms with E-state index in [0.717, 1.165) is 11.3 Å². The van der Waals surface area contributed by atoms with Gasteiger partial charge in [-0.2, -0.15) is 0 Å².